The normalized spacial score (nSPS) is 34.2. The Morgan fingerprint density at radius 3 is 2.52 bits per heavy atom. The number of hydrogen-bond donors (Lipinski definition) is 1. The zero-order valence-electron chi connectivity index (χ0n) is 13.7. The largest absolute Gasteiger partial charge is 0.388 e. The quantitative estimate of drug-likeness (QED) is 0.782. The summed E-state index contributed by atoms with van der Waals surface area (Å²) in [7, 11) is 0. The van der Waals surface area contributed by atoms with Gasteiger partial charge in [0.05, 0.1) is 17.3 Å². The Morgan fingerprint density at radius 2 is 1.86 bits per heavy atom. The van der Waals surface area contributed by atoms with Crippen molar-refractivity contribution in [1.29, 1.82) is 0 Å². The highest BCUT2D eigenvalue weighted by Gasteiger charge is 2.50. The van der Waals surface area contributed by atoms with Crippen molar-refractivity contribution in [2.24, 2.45) is 11.8 Å². The van der Waals surface area contributed by atoms with Crippen LogP contribution in [0.2, 0.25) is 0 Å². The number of rotatable bonds is 1. The maximum atomic E-state index is 11.0. The number of fused-ring (bicyclic) bond motifs is 1. The molecule has 0 aromatic heterocycles. The summed E-state index contributed by atoms with van der Waals surface area (Å²) >= 11 is 0. The molecule has 0 radical (unpaired) electrons. The van der Waals surface area contributed by atoms with E-state index in [0.29, 0.717) is 11.8 Å². The summed E-state index contributed by atoms with van der Waals surface area (Å²) in [4.78, 5) is 0. The first-order valence-corrected chi connectivity index (χ1v) is 8.26. The predicted molar refractivity (Wildman–Crippen MR) is 85.2 cm³/mol. The molecule has 3 unspecified atom stereocenters. The molecule has 3 atom stereocenters. The second-order valence-corrected chi connectivity index (χ2v) is 7.98. The number of aryl methyl sites for hydroxylation is 1. The van der Waals surface area contributed by atoms with Gasteiger partial charge in [0.1, 0.15) is 0 Å². The third-order valence-electron chi connectivity index (χ3n) is 5.42. The van der Waals surface area contributed by atoms with Crippen molar-refractivity contribution < 1.29 is 9.84 Å². The lowest BCUT2D eigenvalue weighted by Gasteiger charge is -2.35. The van der Waals surface area contributed by atoms with Crippen molar-refractivity contribution in [2.75, 3.05) is 0 Å². The second kappa shape index (κ2) is 5.10. The van der Waals surface area contributed by atoms with E-state index in [1.165, 1.54) is 5.56 Å². The Kier molecular flexibility index (Phi) is 3.66. The number of benzene rings is 1. The van der Waals surface area contributed by atoms with Crippen molar-refractivity contribution in [3.8, 4) is 0 Å². The first-order chi connectivity index (χ1) is 9.80. The summed E-state index contributed by atoms with van der Waals surface area (Å²) in [6.45, 7) is 8.73. The standard InChI is InChI=1S/C19H28O2/c1-18(2)12-16(19(3,4)21-18)15-11-7-9-13-8-5-6-10-14(13)17(15)20/h5-6,8,10,15-17,20H,7,9,11-12H2,1-4H3. The van der Waals surface area contributed by atoms with Gasteiger partial charge in [0.25, 0.3) is 0 Å². The molecule has 1 aromatic carbocycles. The molecule has 2 nitrogen and oxygen atoms in total. The molecular formula is C19H28O2. The van der Waals surface area contributed by atoms with Crippen molar-refractivity contribution in [2.45, 2.75) is 70.7 Å². The Hall–Kier alpha value is -0.860. The molecule has 2 aliphatic rings. The molecule has 21 heavy (non-hydrogen) atoms. The fourth-order valence-corrected chi connectivity index (χ4v) is 4.66. The predicted octanol–water partition coefficient (Wildman–Crippen LogP) is 4.27. The van der Waals surface area contributed by atoms with Crippen molar-refractivity contribution in [1.82, 2.24) is 0 Å². The van der Waals surface area contributed by atoms with Gasteiger partial charge in [0.15, 0.2) is 0 Å². The maximum absolute atomic E-state index is 11.0. The van der Waals surface area contributed by atoms with E-state index in [1.807, 2.05) is 6.07 Å². The molecule has 1 aliphatic carbocycles. The van der Waals surface area contributed by atoms with E-state index in [2.05, 4.69) is 45.9 Å². The zero-order chi connectivity index (χ0) is 15.3. The van der Waals surface area contributed by atoms with Crippen LogP contribution in [0.1, 0.15) is 64.2 Å². The summed E-state index contributed by atoms with van der Waals surface area (Å²) < 4.78 is 6.27. The number of aliphatic hydroxyl groups is 1. The van der Waals surface area contributed by atoms with Gasteiger partial charge >= 0.3 is 0 Å². The molecule has 2 heteroatoms. The smallest absolute Gasteiger partial charge is 0.0824 e. The van der Waals surface area contributed by atoms with Crippen molar-refractivity contribution in [3.63, 3.8) is 0 Å². The van der Waals surface area contributed by atoms with E-state index in [9.17, 15) is 5.11 Å². The minimum atomic E-state index is -0.356. The molecule has 1 saturated heterocycles. The Balaban J connectivity index is 1.93. The number of hydrogen-bond acceptors (Lipinski definition) is 2. The first-order valence-electron chi connectivity index (χ1n) is 8.26. The average Bonchev–Trinajstić information content (AvgIpc) is 2.53. The van der Waals surface area contributed by atoms with E-state index in [0.717, 1.165) is 31.2 Å². The molecule has 116 valence electrons. The highest BCUT2D eigenvalue weighted by molar-refractivity contribution is 5.31. The lowest BCUT2D eigenvalue weighted by atomic mass is 9.73. The fraction of sp³-hybridized carbons (Fsp3) is 0.684. The fourth-order valence-electron chi connectivity index (χ4n) is 4.66. The topological polar surface area (TPSA) is 29.5 Å². The van der Waals surface area contributed by atoms with Gasteiger partial charge in [-0.05, 0) is 76.3 Å². The molecule has 3 rings (SSSR count). The first kappa shape index (κ1) is 15.1. The van der Waals surface area contributed by atoms with Gasteiger partial charge in [-0.25, -0.2) is 0 Å². The average molecular weight is 288 g/mol. The molecule has 1 N–H and O–H groups in total. The van der Waals surface area contributed by atoms with E-state index >= 15 is 0 Å². The monoisotopic (exact) mass is 288 g/mol. The van der Waals surface area contributed by atoms with Crippen LogP contribution in [0.25, 0.3) is 0 Å². The van der Waals surface area contributed by atoms with E-state index in [4.69, 9.17) is 4.74 Å². The van der Waals surface area contributed by atoms with Crippen molar-refractivity contribution in [3.05, 3.63) is 35.4 Å². The van der Waals surface area contributed by atoms with E-state index in [-0.39, 0.29) is 17.3 Å². The zero-order valence-corrected chi connectivity index (χ0v) is 13.7. The van der Waals surface area contributed by atoms with E-state index < -0.39 is 0 Å². The van der Waals surface area contributed by atoms with Crippen LogP contribution in [-0.2, 0) is 11.2 Å². The Labute approximate surface area is 128 Å². The second-order valence-electron chi connectivity index (χ2n) is 7.98. The minimum absolute atomic E-state index is 0.0836. The van der Waals surface area contributed by atoms with Gasteiger partial charge in [0.2, 0.25) is 0 Å². The van der Waals surface area contributed by atoms with Crippen LogP contribution in [0, 0.1) is 11.8 Å². The van der Waals surface area contributed by atoms with Crippen LogP contribution in [0.15, 0.2) is 24.3 Å². The molecule has 1 aliphatic heterocycles. The SMILES string of the molecule is CC1(C)CC(C2CCCc3ccccc3C2O)C(C)(C)O1. The maximum Gasteiger partial charge on any atom is 0.0824 e. The van der Waals surface area contributed by atoms with Gasteiger partial charge < -0.3 is 9.84 Å². The summed E-state index contributed by atoms with van der Waals surface area (Å²) in [6, 6.07) is 8.40. The molecule has 1 aromatic rings. The summed E-state index contributed by atoms with van der Waals surface area (Å²) in [5, 5.41) is 11.0. The highest BCUT2D eigenvalue weighted by Crippen LogP contribution is 2.51. The molecular weight excluding hydrogens is 260 g/mol. The minimum Gasteiger partial charge on any atom is -0.388 e. The van der Waals surface area contributed by atoms with Crippen LogP contribution in [0.5, 0.6) is 0 Å². The molecule has 0 spiro atoms. The Bertz CT molecular complexity index is 518. The molecule has 0 saturated carbocycles. The number of ether oxygens (including phenoxy) is 1. The van der Waals surface area contributed by atoms with Gasteiger partial charge in [-0.1, -0.05) is 24.3 Å². The Morgan fingerprint density at radius 1 is 1.14 bits per heavy atom. The summed E-state index contributed by atoms with van der Waals surface area (Å²) in [5.74, 6) is 0.707. The van der Waals surface area contributed by atoms with Crippen LogP contribution in [0.3, 0.4) is 0 Å². The third-order valence-corrected chi connectivity index (χ3v) is 5.42. The molecule has 0 bridgehead atoms. The lowest BCUT2D eigenvalue weighted by Crippen LogP contribution is -2.35. The molecule has 1 heterocycles. The summed E-state index contributed by atoms with van der Waals surface area (Å²) in [5.41, 5.74) is 2.22. The number of aliphatic hydroxyl groups excluding tert-OH is 1. The summed E-state index contributed by atoms with van der Waals surface area (Å²) in [6.07, 6.45) is 4.01. The van der Waals surface area contributed by atoms with Gasteiger partial charge in [-0.3, -0.25) is 0 Å². The van der Waals surface area contributed by atoms with Crippen LogP contribution in [-0.4, -0.2) is 16.3 Å². The molecule has 1 fully saturated rings. The van der Waals surface area contributed by atoms with Crippen LogP contribution in [0.4, 0.5) is 0 Å². The van der Waals surface area contributed by atoms with Gasteiger partial charge in [-0.2, -0.15) is 0 Å². The van der Waals surface area contributed by atoms with Crippen LogP contribution >= 0.6 is 0 Å². The van der Waals surface area contributed by atoms with Crippen molar-refractivity contribution >= 4 is 0 Å². The van der Waals surface area contributed by atoms with E-state index in [1.54, 1.807) is 0 Å². The molecule has 0 amide bonds. The van der Waals surface area contributed by atoms with Gasteiger partial charge in [-0.15, -0.1) is 0 Å². The van der Waals surface area contributed by atoms with Crippen LogP contribution < -0.4 is 0 Å². The lowest BCUT2D eigenvalue weighted by molar-refractivity contribution is -0.0880. The highest BCUT2D eigenvalue weighted by atomic mass is 16.5. The van der Waals surface area contributed by atoms with Gasteiger partial charge in [0, 0.05) is 0 Å². The third kappa shape index (κ3) is 2.76.